The summed E-state index contributed by atoms with van der Waals surface area (Å²) < 4.78 is 17.1. The first-order chi connectivity index (χ1) is 9.22. The van der Waals surface area contributed by atoms with Gasteiger partial charge in [0.05, 0.1) is 14.2 Å². The lowest BCUT2D eigenvalue weighted by atomic mass is 10.2. The Morgan fingerprint density at radius 2 is 2.16 bits per heavy atom. The summed E-state index contributed by atoms with van der Waals surface area (Å²) in [6, 6.07) is 5.81. The molecule has 98 valence electrons. The molecule has 0 unspecified atom stereocenters. The van der Waals surface area contributed by atoms with Crippen molar-refractivity contribution in [1.29, 1.82) is 0 Å². The normalized spacial score (nSPS) is 10.8. The van der Waals surface area contributed by atoms with Gasteiger partial charge in [-0.2, -0.15) is 0 Å². The average molecular weight is 294 g/mol. The third kappa shape index (κ3) is 2.00. The van der Waals surface area contributed by atoms with E-state index in [1.54, 1.807) is 14.2 Å². The van der Waals surface area contributed by atoms with Crippen LogP contribution in [0, 0.1) is 4.84 Å². The number of methoxy groups -OCH3 is 2. The average Bonchev–Trinajstić information content (AvgIpc) is 3.00. The van der Waals surface area contributed by atoms with E-state index in [0.717, 1.165) is 20.7 Å². The van der Waals surface area contributed by atoms with Crippen LogP contribution in [-0.4, -0.2) is 24.4 Å². The summed E-state index contributed by atoms with van der Waals surface area (Å²) in [4.78, 5) is 1.05. The van der Waals surface area contributed by atoms with Crippen molar-refractivity contribution < 1.29 is 13.9 Å². The van der Waals surface area contributed by atoms with Crippen LogP contribution in [0.2, 0.25) is 0 Å². The number of rotatable bonds is 3. The van der Waals surface area contributed by atoms with Gasteiger partial charge in [-0.25, -0.2) is 5.10 Å². The standard InChI is InChI=1S/C12H10N2O3S2/c1-15-6-3-4-8-7(5-6)9(16-2)10(19-8)11-13-14-12(18)17-11/h3-5H,1-2H3,(H,14,18). The minimum atomic E-state index is 0.243. The van der Waals surface area contributed by atoms with Crippen LogP contribution in [0.15, 0.2) is 22.6 Å². The number of thiophene rings is 1. The predicted molar refractivity (Wildman–Crippen MR) is 75.6 cm³/mol. The van der Waals surface area contributed by atoms with Gasteiger partial charge in [0, 0.05) is 10.1 Å². The quantitative estimate of drug-likeness (QED) is 0.747. The molecule has 0 saturated heterocycles. The van der Waals surface area contributed by atoms with E-state index in [0.29, 0.717) is 11.6 Å². The van der Waals surface area contributed by atoms with Crippen LogP contribution in [0.4, 0.5) is 0 Å². The molecule has 19 heavy (non-hydrogen) atoms. The van der Waals surface area contributed by atoms with E-state index >= 15 is 0 Å². The lowest BCUT2D eigenvalue weighted by molar-refractivity contribution is 0.412. The van der Waals surface area contributed by atoms with Crippen LogP contribution in [-0.2, 0) is 0 Å². The largest absolute Gasteiger partial charge is 0.497 e. The van der Waals surface area contributed by atoms with Crippen molar-refractivity contribution in [1.82, 2.24) is 10.2 Å². The number of hydrogen-bond donors (Lipinski definition) is 1. The SMILES string of the molecule is COc1ccc2sc(-c3n[nH]c(=S)o3)c(OC)c2c1. The highest BCUT2D eigenvalue weighted by molar-refractivity contribution is 7.71. The van der Waals surface area contributed by atoms with Gasteiger partial charge in [-0.15, -0.1) is 16.4 Å². The molecule has 7 heteroatoms. The summed E-state index contributed by atoms with van der Waals surface area (Å²) in [6.07, 6.45) is 0. The second-order valence-corrected chi connectivity index (χ2v) is 5.17. The van der Waals surface area contributed by atoms with E-state index in [1.165, 1.54) is 11.3 Å². The minimum Gasteiger partial charge on any atom is -0.497 e. The molecule has 0 aliphatic heterocycles. The zero-order chi connectivity index (χ0) is 13.4. The molecular formula is C12H10N2O3S2. The van der Waals surface area contributed by atoms with E-state index in [9.17, 15) is 0 Å². The number of nitrogens with zero attached hydrogens (tertiary/aromatic N) is 1. The van der Waals surface area contributed by atoms with Gasteiger partial charge in [-0.1, -0.05) is 0 Å². The predicted octanol–water partition coefficient (Wildman–Crippen LogP) is 3.63. The number of nitrogens with one attached hydrogen (secondary N) is 1. The summed E-state index contributed by atoms with van der Waals surface area (Å²) in [5.41, 5.74) is 0. The molecule has 0 radical (unpaired) electrons. The zero-order valence-corrected chi connectivity index (χ0v) is 11.9. The molecular weight excluding hydrogens is 284 g/mol. The number of fused-ring (bicyclic) bond motifs is 1. The topological polar surface area (TPSA) is 60.3 Å². The van der Waals surface area contributed by atoms with Crippen LogP contribution < -0.4 is 9.47 Å². The molecule has 0 aliphatic rings. The van der Waals surface area contributed by atoms with E-state index in [-0.39, 0.29) is 4.84 Å². The zero-order valence-electron chi connectivity index (χ0n) is 10.2. The molecule has 0 saturated carbocycles. The second-order valence-electron chi connectivity index (χ2n) is 3.74. The van der Waals surface area contributed by atoms with E-state index in [1.807, 2.05) is 18.2 Å². The molecule has 0 amide bonds. The van der Waals surface area contributed by atoms with Gasteiger partial charge in [-0.05, 0) is 30.4 Å². The molecule has 0 aliphatic carbocycles. The highest BCUT2D eigenvalue weighted by atomic mass is 32.1. The Balaban J connectivity index is 2.28. The molecule has 0 atom stereocenters. The first-order valence-electron chi connectivity index (χ1n) is 5.43. The van der Waals surface area contributed by atoms with Gasteiger partial charge in [0.1, 0.15) is 16.4 Å². The molecule has 0 bridgehead atoms. The lowest BCUT2D eigenvalue weighted by Crippen LogP contribution is -1.85. The smallest absolute Gasteiger partial charge is 0.284 e. The molecule has 3 rings (SSSR count). The first kappa shape index (κ1) is 12.2. The van der Waals surface area contributed by atoms with Crippen molar-refractivity contribution in [3.63, 3.8) is 0 Å². The Bertz CT molecular complexity index is 788. The summed E-state index contributed by atoms with van der Waals surface area (Å²) in [7, 11) is 3.25. The van der Waals surface area contributed by atoms with Crippen LogP contribution in [0.25, 0.3) is 20.9 Å². The van der Waals surface area contributed by atoms with Crippen molar-refractivity contribution in [2.75, 3.05) is 14.2 Å². The maximum absolute atomic E-state index is 5.47. The van der Waals surface area contributed by atoms with Gasteiger partial charge in [-0.3, -0.25) is 0 Å². The van der Waals surface area contributed by atoms with Gasteiger partial charge in [0.25, 0.3) is 10.7 Å². The fourth-order valence-corrected chi connectivity index (χ4v) is 3.05. The van der Waals surface area contributed by atoms with Crippen LogP contribution >= 0.6 is 23.6 Å². The summed E-state index contributed by atoms with van der Waals surface area (Å²) in [5.74, 6) is 1.92. The van der Waals surface area contributed by atoms with Crippen molar-refractivity contribution in [3.8, 4) is 22.3 Å². The Hall–Kier alpha value is -1.86. The number of aromatic amines is 1. The molecule has 0 spiro atoms. The maximum Gasteiger partial charge on any atom is 0.284 e. The Morgan fingerprint density at radius 3 is 2.79 bits per heavy atom. The highest BCUT2D eigenvalue weighted by Crippen LogP contribution is 2.44. The van der Waals surface area contributed by atoms with E-state index in [2.05, 4.69) is 10.2 Å². The van der Waals surface area contributed by atoms with Crippen molar-refractivity contribution in [2.45, 2.75) is 0 Å². The van der Waals surface area contributed by atoms with Gasteiger partial charge < -0.3 is 13.9 Å². The number of benzene rings is 1. The Morgan fingerprint density at radius 1 is 1.32 bits per heavy atom. The third-order valence-electron chi connectivity index (χ3n) is 2.69. The highest BCUT2D eigenvalue weighted by Gasteiger charge is 2.18. The Kier molecular flexibility index (Phi) is 3.00. The van der Waals surface area contributed by atoms with E-state index < -0.39 is 0 Å². The third-order valence-corrected chi connectivity index (χ3v) is 4.00. The summed E-state index contributed by atoms with van der Waals surface area (Å²) >= 11 is 6.42. The van der Waals surface area contributed by atoms with Gasteiger partial charge in [0.2, 0.25) is 0 Å². The van der Waals surface area contributed by atoms with E-state index in [4.69, 9.17) is 26.1 Å². The lowest BCUT2D eigenvalue weighted by Gasteiger charge is -2.01. The fourth-order valence-electron chi connectivity index (χ4n) is 1.85. The molecule has 2 heterocycles. The van der Waals surface area contributed by atoms with Crippen LogP contribution in [0.3, 0.4) is 0 Å². The fraction of sp³-hybridized carbons (Fsp3) is 0.167. The van der Waals surface area contributed by atoms with Crippen molar-refractivity contribution in [3.05, 3.63) is 23.0 Å². The van der Waals surface area contributed by atoms with Crippen LogP contribution in [0.5, 0.6) is 11.5 Å². The summed E-state index contributed by atoms with van der Waals surface area (Å²) in [5, 5.41) is 7.61. The molecule has 2 aromatic heterocycles. The summed E-state index contributed by atoms with van der Waals surface area (Å²) in [6.45, 7) is 0. The van der Waals surface area contributed by atoms with Gasteiger partial charge in [0.15, 0.2) is 0 Å². The molecule has 5 nitrogen and oxygen atoms in total. The molecule has 1 aromatic carbocycles. The van der Waals surface area contributed by atoms with Crippen LogP contribution in [0.1, 0.15) is 0 Å². The maximum atomic E-state index is 5.47. The monoisotopic (exact) mass is 294 g/mol. The number of aromatic nitrogens is 2. The van der Waals surface area contributed by atoms with Crippen molar-refractivity contribution in [2.24, 2.45) is 0 Å². The first-order valence-corrected chi connectivity index (χ1v) is 6.66. The molecule has 0 fully saturated rings. The molecule has 1 N–H and O–H groups in total. The number of H-pyrrole nitrogens is 1. The second kappa shape index (κ2) is 4.67. The van der Waals surface area contributed by atoms with Crippen molar-refractivity contribution >= 4 is 33.6 Å². The Labute approximate surface area is 117 Å². The number of ether oxygens (including phenoxy) is 2. The van der Waals surface area contributed by atoms with Gasteiger partial charge >= 0.3 is 0 Å². The number of hydrogen-bond acceptors (Lipinski definition) is 6. The minimum absolute atomic E-state index is 0.243. The molecule has 3 aromatic rings.